The number of benzene rings is 9. The summed E-state index contributed by atoms with van der Waals surface area (Å²) in [5.74, 6) is 6.72. The molecular formula is C61H38S. The molecule has 0 saturated carbocycles. The summed E-state index contributed by atoms with van der Waals surface area (Å²) in [6, 6.07) is 60.4. The fourth-order valence-electron chi connectivity index (χ4n) is 11.8. The Balaban J connectivity index is 1.27. The Morgan fingerprint density at radius 3 is 1.97 bits per heavy atom. The zero-order chi connectivity index (χ0) is 40.5. The molecule has 0 N–H and O–H groups in total. The van der Waals surface area contributed by atoms with Crippen molar-refractivity contribution >= 4 is 91.0 Å². The van der Waals surface area contributed by atoms with E-state index in [1.807, 2.05) is 0 Å². The van der Waals surface area contributed by atoms with Crippen LogP contribution in [0.3, 0.4) is 0 Å². The van der Waals surface area contributed by atoms with Gasteiger partial charge in [0, 0.05) is 26.7 Å². The van der Waals surface area contributed by atoms with Crippen molar-refractivity contribution in [2.24, 2.45) is 0 Å². The maximum absolute atomic E-state index is 3.39. The van der Waals surface area contributed by atoms with Crippen molar-refractivity contribution in [1.82, 2.24) is 0 Å². The van der Waals surface area contributed by atoms with E-state index in [1.165, 1.54) is 128 Å². The van der Waals surface area contributed by atoms with Crippen LogP contribution in [0.1, 0.15) is 24.8 Å². The zero-order valence-corrected chi connectivity index (χ0v) is 34.8. The predicted molar refractivity (Wildman–Crippen MR) is 267 cm³/mol. The average molecular weight is 803 g/mol. The highest BCUT2D eigenvalue weighted by Crippen LogP contribution is 2.81. The Morgan fingerprint density at radius 2 is 1.15 bits per heavy atom. The molecule has 288 valence electrons. The molecule has 0 aromatic heterocycles. The second-order valence-corrected chi connectivity index (χ2v) is 20.1. The van der Waals surface area contributed by atoms with Crippen molar-refractivity contribution in [2.45, 2.75) is 33.9 Å². The summed E-state index contributed by atoms with van der Waals surface area (Å²) in [5, 5.41) is 18.9. The van der Waals surface area contributed by atoms with Crippen LogP contribution < -0.4 is 0 Å². The van der Waals surface area contributed by atoms with Gasteiger partial charge in [0.15, 0.2) is 0 Å². The van der Waals surface area contributed by atoms with Crippen molar-refractivity contribution < 1.29 is 0 Å². The number of rotatable bonds is 4. The van der Waals surface area contributed by atoms with Gasteiger partial charge in [-0.05, 0) is 163 Å². The average Bonchev–Trinajstić information content (AvgIpc) is 3.84. The van der Waals surface area contributed by atoms with E-state index in [4.69, 9.17) is 0 Å². The molecule has 11 aromatic carbocycles. The third-order valence-electron chi connectivity index (χ3n) is 14.1. The van der Waals surface area contributed by atoms with Crippen molar-refractivity contribution in [3.63, 3.8) is 0 Å². The molecule has 0 amide bonds. The summed E-state index contributed by atoms with van der Waals surface area (Å²) < 4.78 is 0. The van der Waals surface area contributed by atoms with E-state index in [-0.39, 0.29) is 0 Å². The molecular weight excluding hydrogens is 765 g/mol. The first kappa shape index (κ1) is 34.4. The fourth-order valence-corrected chi connectivity index (χ4v) is 16.1. The van der Waals surface area contributed by atoms with Crippen molar-refractivity contribution in [1.29, 1.82) is 0 Å². The van der Waals surface area contributed by atoms with Gasteiger partial charge in [0.1, 0.15) is 0 Å². The third kappa shape index (κ3) is 4.35. The van der Waals surface area contributed by atoms with Crippen LogP contribution in [-0.2, 0) is 0 Å². The molecule has 0 fully saturated rings. The zero-order valence-electron chi connectivity index (χ0n) is 34.0. The largest absolute Gasteiger partial charge is 0.132 e. The van der Waals surface area contributed by atoms with E-state index < -0.39 is 10.0 Å². The minimum absolute atomic E-state index is 0.730. The molecule has 1 atom stereocenters. The highest BCUT2D eigenvalue weighted by atomic mass is 32.3. The van der Waals surface area contributed by atoms with Gasteiger partial charge in [-0.25, -0.2) is 0 Å². The molecule has 2 aliphatic carbocycles. The first-order valence-electron chi connectivity index (χ1n) is 21.9. The molecule has 1 aliphatic heterocycles. The lowest BCUT2D eigenvalue weighted by atomic mass is 9.82. The molecule has 3 aliphatic rings. The van der Waals surface area contributed by atoms with E-state index in [0.29, 0.717) is 0 Å². The molecule has 62 heavy (non-hydrogen) atoms. The quantitative estimate of drug-likeness (QED) is 0.123. The lowest BCUT2D eigenvalue weighted by Crippen LogP contribution is -2.03. The summed E-state index contributed by atoms with van der Waals surface area (Å²) in [7, 11) is -1.93. The fraction of sp³-hybridized carbons (Fsp3) is 0.0492. The molecule has 0 radical (unpaired) electrons. The normalized spacial score (nSPS) is 18.0. The molecule has 11 aromatic rings. The van der Waals surface area contributed by atoms with Crippen LogP contribution in [0.5, 0.6) is 0 Å². The van der Waals surface area contributed by atoms with E-state index in [2.05, 4.69) is 206 Å². The van der Waals surface area contributed by atoms with E-state index in [9.17, 15) is 0 Å². The molecule has 0 bridgehead atoms. The van der Waals surface area contributed by atoms with Crippen LogP contribution in [0.4, 0.5) is 0 Å². The van der Waals surface area contributed by atoms with Crippen LogP contribution >= 0.6 is 10.0 Å². The standard InChI is InChI=1S/C61H38S/c1-2-11-25-40(24-10-1)62(41-26-12-5-13-27-41)52-35-17-16-30-45(52)58-46-32-19-34-48-57(46)51(37-53(58)62)61-54(38-20-6-3-7-21-38)50-36-49-43-29-15-14-28-42(43)44-31-18-33-47(56(44)49)59(50)55(60(48)61)39-22-8-4-9-23-39/h3-6,8-10,12-20,22-37H,7,11,21H2. The summed E-state index contributed by atoms with van der Waals surface area (Å²) in [6.07, 6.45) is 16.6. The SMILES string of the molecule is C1#CCC=C(S2(c3ccccc3)c3ccccc3-c3c2cc2c4c(C5=CC=CCC5)c5cc6c7ccccc7c7cccc(c5c(-c5ccccc5)c4c4cccc3c24)c76)C=C1. The van der Waals surface area contributed by atoms with E-state index in [1.54, 1.807) is 0 Å². The Labute approximate surface area is 361 Å². The summed E-state index contributed by atoms with van der Waals surface area (Å²) in [6.45, 7) is 0. The monoisotopic (exact) mass is 802 g/mol. The number of hydrogen-bond donors (Lipinski definition) is 0. The minimum Gasteiger partial charge on any atom is -0.132 e. The van der Waals surface area contributed by atoms with Gasteiger partial charge in [-0.15, -0.1) is 10.0 Å². The Kier molecular flexibility index (Phi) is 7.11. The molecule has 14 rings (SSSR count). The summed E-state index contributed by atoms with van der Waals surface area (Å²) >= 11 is 0. The highest BCUT2D eigenvalue weighted by Gasteiger charge is 2.44. The second-order valence-electron chi connectivity index (χ2n) is 17.1. The van der Waals surface area contributed by atoms with Gasteiger partial charge in [0.25, 0.3) is 0 Å². The molecule has 0 saturated heterocycles. The summed E-state index contributed by atoms with van der Waals surface area (Å²) in [4.78, 5) is 5.55. The highest BCUT2D eigenvalue weighted by molar-refractivity contribution is 8.37. The molecule has 0 nitrogen and oxygen atoms in total. The van der Waals surface area contributed by atoms with Gasteiger partial charge < -0.3 is 0 Å². The van der Waals surface area contributed by atoms with Gasteiger partial charge >= 0.3 is 0 Å². The van der Waals surface area contributed by atoms with Crippen LogP contribution in [0.2, 0.25) is 0 Å². The van der Waals surface area contributed by atoms with Crippen LogP contribution in [-0.4, -0.2) is 0 Å². The Hall–Kier alpha value is -7.37. The minimum atomic E-state index is -1.93. The van der Waals surface area contributed by atoms with E-state index in [0.717, 1.165) is 19.3 Å². The number of fused-ring (bicyclic) bond motifs is 12. The van der Waals surface area contributed by atoms with Gasteiger partial charge in [-0.2, -0.15) is 0 Å². The maximum Gasteiger partial charge on any atom is 0.0286 e. The van der Waals surface area contributed by atoms with E-state index >= 15 is 0 Å². The second kappa shape index (κ2) is 12.8. The molecule has 1 unspecified atom stereocenters. The third-order valence-corrected chi connectivity index (χ3v) is 18.1. The van der Waals surface area contributed by atoms with Gasteiger partial charge in [0.2, 0.25) is 0 Å². The smallest absolute Gasteiger partial charge is 0.0286 e. The van der Waals surface area contributed by atoms with Gasteiger partial charge in [0.05, 0.1) is 0 Å². The van der Waals surface area contributed by atoms with Crippen LogP contribution in [0, 0.1) is 11.8 Å². The lowest BCUT2D eigenvalue weighted by Gasteiger charge is -2.40. The topological polar surface area (TPSA) is 0 Å². The van der Waals surface area contributed by atoms with Crippen molar-refractivity contribution in [3.05, 3.63) is 205 Å². The van der Waals surface area contributed by atoms with Gasteiger partial charge in [-0.3, -0.25) is 0 Å². The number of allylic oxidation sites excluding steroid dienone is 7. The van der Waals surface area contributed by atoms with Gasteiger partial charge in [-0.1, -0.05) is 164 Å². The Bertz CT molecular complexity index is 3920. The maximum atomic E-state index is 3.39. The molecule has 1 heteroatoms. The van der Waals surface area contributed by atoms with Crippen LogP contribution in [0.25, 0.3) is 103 Å². The molecule has 0 spiro atoms. The Morgan fingerprint density at radius 1 is 0.468 bits per heavy atom. The van der Waals surface area contributed by atoms with Crippen LogP contribution in [0.15, 0.2) is 214 Å². The lowest BCUT2D eigenvalue weighted by molar-refractivity contribution is 1.06. The molecule has 1 heterocycles. The first-order valence-corrected chi connectivity index (χ1v) is 23.5. The number of hydrogen-bond acceptors (Lipinski definition) is 0. The predicted octanol–water partition coefficient (Wildman–Crippen LogP) is 17.1. The van der Waals surface area contributed by atoms with Crippen molar-refractivity contribution in [3.8, 4) is 34.1 Å². The first-order chi connectivity index (χ1) is 30.8. The summed E-state index contributed by atoms with van der Waals surface area (Å²) in [5.41, 5.74) is 8.13. The van der Waals surface area contributed by atoms with Crippen molar-refractivity contribution in [2.75, 3.05) is 0 Å².